The van der Waals surface area contributed by atoms with E-state index in [0.717, 1.165) is 39.7 Å². The lowest BCUT2D eigenvalue weighted by Crippen LogP contribution is -2.18. The maximum absolute atomic E-state index is 5.79. The van der Waals surface area contributed by atoms with Crippen LogP contribution in [-0.2, 0) is 6.42 Å². The molecule has 1 aliphatic heterocycles. The van der Waals surface area contributed by atoms with Crippen LogP contribution in [0.3, 0.4) is 0 Å². The molecule has 1 atom stereocenters. The second-order valence-electron chi connectivity index (χ2n) is 3.67. The number of hydrogen-bond donors (Lipinski definition) is 2. The third-order valence-corrected chi connectivity index (χ3v) is 3.11. The molecule has 2 rings (SSSR count). The highest BCUT2D eigenvalue weighted by Crippen LogP contribution is 2.36. The van der Waals surface area contributed by atoms with Gasteiger partial charge in [-0.3, -0.25) is 0 Å². The molecule has 15 heavy (non-hydrogen) atoms. The average molecular weight is 225 g/mol. The van der Waals surface area contributed by atoms with Crippen molar-refractivity contribution in [2.75, 3.05) is 7.11 Å². The second-order valence-corrected chi connectivity index (χ2v) is 4.62. The van der Waals surface area contributed by atoms with Gasteiger partial charge in [0.2, 0.25) is 0 Å². The van der Waals surface area contributed by atoms with Gasteiger partial charge in [0.1, 0.15) is 17.1 Å². The van der Waals surface area contributed by atoms with E-state index in [1.165, 1.54) is 0 Å². The molecule has 0 aliphatic carbocycles. The Morgan fingerprint density at radius 3 is 3.00 bits per heavy atom. The van der Waals surface area contributed by atoms with Crippen molar-refractivity contribution >= 4 is 16.9 Å². The fraction of sp³-hybridized carbons (Fsp3) is 0.364. The zero-order chi connectivity index (χ0) is 10.8. The van der Waals surface area contributed by atoms with Crippen LogP contribution in [0.15, 0.2) is 17.0 Å². The van der Waals surface area contributed by atoms with Gasteiger partial charge in [-0.2, -0.15) is 0 Å². The van der Waals surface area contributed by atoms with E-state index >= 15 is 0 Å². The first-order valence-electron chi connectivity index (χ1n) is 4.86. The Morgan fingerprint density at radius 1 is 1.53 bits per heavy atom. The van der Waals surface area contributed by atoms with Crippen molar-refractivity contribution in [3.63, 3.8) is 0 Å². The van der Waals surface area contributed by atoms with Gasteiger partial charge in [0.05, 0.1) is 7.11 Å². The summed E-state index contributed by atoms with van der Waals surface area (Å²) < 4.78 is 10.7. The fourth-order valence-electron chi connectivity index (χ4n) is 1.62. The normalized spacial score (nSPS) is 15.1. The van der Waals surface area contributed by atoms with Gasteiger partial charge < -0.3 is 15.2 Å². The molecule has 1 aromatic rings. The van der Waals surface area contributed by atoms with E-state index in [1.807, 2.05) is 19.1 Å². The van der Waals surface area contributed by atoms with Gasteiger partial charge in [-0.25, -0.2) is 0 Å². The van der Waals surface area contributed by atoms with Crippen LogP contribution in [0.25, 0.3) is 0 Å². The van der Waals surface area contributed by atoms with E-state index in [1.54, 1.807) is 12.7 Å². The number of hydrogen-bond acceptors (Lipinski definition) is 3. The third-order valence-electron chi connectivity index (χ3n) is 2.28. The van der Waals surface area contributed by atoms with Crippen LogP contribution in [0, 0.1) is 0 Å². The summed E-state index contributed by atoms with van der Waals surface area (Å²) in [5.41, 5.74) is 8.67. The molecule has 2 N–H and O–H groups in total. The maximum Gasteiger partial charge on any atom is 0.140 e. The number of ether oxygens (including phenoxy) is 2. The van der Waals surface area contributed by atoms with Crippen molar-refractivity contribution in [1.29, 1.82) is 0 Å². The molecule has 1 aromatic carbocycles. The third kappa shape index (κ3) is 2.16. The fourth-order valence-corrected chi connectivity index (χ4v) is 2.34. The van der Waals surface area contributed by atoms with E-state index in [-0.39, 0.29) is 6.04 Å². The van der Waals surface area contributed by atoms with E-state index in [9.17, 15) is 0 Å². The summed E-state index contributed by atoms with van der Waals surface area (Å²) in [6.45, 7) is 1.98. The highest BCUT2D eigenvalue weighted by Gasteiger charge is 2.13. The molecule has 0 radical (unpaired) electrons. The van der Waals surface area contributed by atoms with Crippen molar-refractivity contribution in [2.45, 2.75) is 24.3 Å². The lowest BCUT2D eigenvalue weighted by Gasteiger charge is -2.12. The molecule has 0 saturated carbocycles. The van der Waals surface area contributed by atoms with Crippen LogP contribution in [-0.4, -0.2) is 18.7 Å². The van der Waals surface area contributed by atoms with Crippen molar-refractivity contribution in [3.05, 3.63) is 17.7 Å². The van der Waals surface area contributed by atoms with Crippen molar-refractivity contribution in [2.24, 2.45) is 5.73 Å². The molecule has 0 bridgehead atoms. The topological polar surface area (TPSA) is 44.5 Å². The summed E-state index contributed by atoms with van der Waals surface area (Å²) in [5, 5.41) is 0. The zero-order valence-corrected chi connectivity index (χ0v) is 9.75. The van der Waals surface area contributed by atoms with Crippen molar-refractivity contribution < 1.29 is 9.47 Å². The molecular weight excluding hydrogens is 210 g/mol. The molecule has 4 heteroatoms. The monoisotopic (exact) mass is 225 g/mol. The molecule has 0 spiro atoms. The van der Waals surface area contributed by atoms with Gasteiger partial charge in [-0.1, -0.05) is 0 Å². The Bertz CT molecular complexity index is 402. The van der Waals surface area contributed by atoms with Gasteiger partial charge in [-0.05, 0) is 31.0 Å². The molecule has 3 nitrogen and oxygen atoms in total. The lowest BCUT2D eigenvalue weighted by atomic mass is 10.1. The first-order valence-corrected chi connectivity index (χ1v) is 5.82. The molecule has 0 aromatic heterocycles. The molecule has 1 heterocycles. The number of fused-ring (bicyclic) bond motifs is 1. The van der Waals surface area contributed by atoms with E-state index in [2.05, 4.69) is 0 Å². The van der Waals surface area contributed by atoms with Gasteiger partial charge in [0, 0.05) is 10.9 Å². The smallest absolute Gasteiger partial charge is 0.140 e. The first-order chi connectivity index (χ1) is 7.20. The number of thiol groups is 1. The summed E-state index contributed by atoms with van der Waals surface area (Å²) in [4.78, 5) is 1.15. The van der Waals surface area contributed by atoms with Crippen LogP contribution in [0.2, 0.25) is 0 Å². The Morgan fingerprint density at radius 2 is 2.33 bits per heavy atom. The quantitative estimate of drug-likeness (QED) is 0.606. The SMILES string of the molecule is COc1cc2c(cc1CC(C)N)OC=[SH]2. The van der Waals surface area contributed by atoms with Crippen LogP contribution < -0.4 is 15.2 Å². The average Bonchev–Trinajstić information content (AvgIpc) is 2.62. The molecule has 82 valence electrons. The van der Waals surface area contributed by atoms with Crippen LogP contribution >= 0.6 is 11.4 Å². The second kappa shape index (κ2) is 4.24. The van der Waals surface area contributed by atoms with Crippen molar-refractivity contribution in [1.82, 2.24) is 0 Å². The van der Waals surface area contributed by atoms with Gasteiger partial charge in [0.25, 0.3) is 0 Å². The Kier molecular flexibility index (Phi) is 2.98. The highest BCUT2D eigenvalue weighted by atomic mass is 32.1. The van der Waals surface area contributed by atoms with E-state index in [4.69, 9.17) is 15.2 Å². The predicted molar refractivity (Wildman–Crippen MR) is 64.3 cm³/mol. The van der Waals surface area contributed by atoms with Gasteiger partial charge in [0.15, 0.2) is 0 Å². The first kappa shape index (κ1) is 10.5. The van der Waals surface area contributed by atoms with E-state index < -0.39 is 0 Å². The minimum atomic E-state index is 0.125. The Labute approximate surface area is 93.1 Å². The minimum Gasteiger partial charge on any atom is -0.496 e. The summed E-state index contributed by atoms with van der Waals surface area (Å²) in [6.07, 6.45) is 0.802. The van der Waals surface area contributed by atoms with Gasteiger partial charge in [-0.15, -0.1) is 11.4 Å². The van der Waals surface area contributed by atoms with E-state index in [0.29, 0.717) is 0 Å². The summed E-state index contributed by atoms with van der Waals surface area (Å²) in [5.74, 6) is 1.82. The number of rotatable bonds is 3. The summed E-state index contributed by atoms with van der Waals surface area (Å²) >= 11 is 1.09. The lowest BCUT2D eigenvalue weighted by molar-refractivity contribution is 0.406. The largest absolute Gasteiger partial charge is 0.496 e. The van der Waals surface area contributed by atoms with Crippen LogP contribution in [0.4, 0.5) is 0 Å². The summed E-state index contributed by atoms with van der Waals surface area (Å²) in [6, 6.07) is 4.17. The minimum absolute atomic E-state index is 0.125. The molecule has 1 unspecified atom stereocenters. The highest BCUT2D eigenvalue weighted by molar-refractivity contribution is 7.97. The number of nitrogens with two attached hydrogens (primary N) is 1. The van der Waals surface area contributed by atoms with Gasteiger partial charge >= 0.3 is 0 Å². The molecular formula is C11H15NO2S. The van der Waals surface area contributed by atoms with Crippen LogP contribution in [0.1, 0.15) is 12.5 Å². The van der Waals surface area contributed by atoms with Crippen LogP contribution in [0.5, 0.6) is 11.5 Å². The molecule has 1 aliphatic rings. The maximum atomic E-state index is 5.79. The Hall–Kier alpha value is -1.00. The molecule has 0 fully saturated rings. The van der Waals surface area contributed by atoms with Crippen molar-refractivity contribution in [3.8, 4) is 11.5 Å². The molecule has 0 saturated heterocycles. The zero-order valence-electron chi connectivity index (χ0n) is 8.86. The number of methoxy groups -OCH3 is 1. The molecule has 0 amide bonds. The predicted octanol–water partition coefficient (Wildman–Crippen LogP) is 1.56. The standard InChI is InChI=1S/C11H15NO2S/c1-7(12)3-8-4-10-11(15-6-14-10)5-9(8)13-2/h4-7,15H,3,12H2,1-2H3. The summed E-state index contributed by atoms with van der Waals surface area (Å²) in [7, 11) is 1.68. The number of benzene rings is 1. The Balaban J connectivity index is 2.38.